The van der Waals surface area contributed by atoms with E-state index in [1.807, 2.05) is 67.1 Å². The first-order valence-electron chi connectivity index (χ1n) is 7.57. The first kappa shape index (κ1) is 16.3. The number of imidazole rings is 1. The number of aryl methyl sites for hydroxylation is 2. The Morgan fingerprint density at radius 2 is 2.00 bits per heavy atom. The minimum absolute atomic E-state index is 0.156. The maximum atomic E-state index is 11.9. The molecule has 0 atom stereocenters. The fourth-order valence-corrected chi connectivity index (χ4v) is 3.10. The van der Waals surface area contributed by atoms with E-state index >= 15 is 0 Å². The zero-order valence-corrected chi connectivity index (χ0v) is 14.4. The molecule has 1 heterocycles. The third kappa shape index (κ3) is 3.65. The molecule has 0 aliphatic heterocycles. The Morgan fingerprint density at radius 3 is 2.79 bits per heavy atom. The van der Waals surface area contributed by atoms with E-state index in [1.165, 1.54) is 11.8 Å². The summed E-state index contributed by atoms with van der Waals surface area (Å²) in [7, 11) is 1.95. The van der Waals surface area contributed by atoms with E-state index in [-0.39, 0.29) is 11.7 Å². The fraction of sp³-hybridized carbons (Fsp3) is 0.167. The number of hydrogen-bond acceptors (Lipinski definition) is 4. The van der Waals surface area contributed by atoms with Crippen LogP contribution in [0.3, 0.4) is 0 Å². The van der Waals surface area contributed by atoms with Crippen LogP contribution in [-0.2, 0) is 11.8 Å². The summed E-state index contributed by atoms with van der Waals surface area (Å²) in [6.45, 7) is 2.00. The SMILES string of the molecule is Cc1ccccc1/C=N\NC(=O)CSc1nc2ccccc2n1C. The van der Waals surface area contributed by atoms with E-state index < -0.39 is 0 Å². The van der Waals surface area contributed by atoms with Crippen LogP contribution in [0.2, 0.25) is 0 Å². The van der Waals surface area contributed by atoms with Crippen molar-refractivity contribution in [3.63, 3.8) is 0 Å². The van der Waals surface area contributed by atoms with E-state index in [4.69, 9.17) is 0 Å². The molecule has 0 spiro atoms. The van der Waals surface area contributed by atoms with E-state index in [0.717, 1.165) is 27.3 Å². The predicted octanol–water partition coefficient (Wildman–Crippen LogP) is 3.12. The normalized spacial score (nSPS) is 11.2. The Hall–Kier alpha value is -2.60. The van der Waals surface area contributed by atoms with Crippen molar-refractivity contribution in [3.8, 4) is 0 Å². The molecule has 5 nitrogen and oxygen atoms in total. The second-order valence-electron chi connectivity index (χ2n) is 5.38. The van der Waals surface area contributed by atoms with Crippen molar-refractivity contribution < 1.29 is 4.79 Å². The molecule has 0 saturated carbocycles. The number of rotatable bonds is 5. The van der Waals surface area contributed by atoms with Crippen LogP contribution in [0.4, 0.5) is 0 Å². The highest BCUT2D eigenvalue weighted by Gasteiger charge is 2.09. The van der Waals surface area contributed by atoms with Gasteiger partial charge < -0.3 is 4.57 Å². The third-order valence-electron chi connectivity index (χ3n) is 3.66. The number of hydrogen-bond donors (Lipinski definition) is 1. The van der Waals surface area contributed by atoms with Crippen molar-refractivity contribution in [1.29, 1.82) is 0 Å². The van der Waals surface area contributed by atoms with Gasteiger partial charge in [-0.3, -0.25) is 4.79 Å². The maximum Gasteiger partial charge on any atom is 0.250 e. The summed E-state index contributed by atoms with van der Waals surface area (Å²) in [6.07, 6.45) is 1.66. The number of thioether (sulfide) groups is 1. The van der Waals surface area contributed by atoms with Gasteiger partial charge in [-0.25, -0.2) is 10.4 Å². The van der Waals surface area contributed by atoms with Gasteiger partial charge in [0.25, 0.3) is 5.91 Å². The van der Waals surface area contributed by atoms with E-state index in [9.17, 15) is 4.79 Å². The smallest absolute Gasteiger partial charge is 0.250 e. The summed E-state index contributed by atoms with van der Waals surface area (Å²) in [5.41, 5.74) is 6.64. The minimum Gasteiger partial charge on any atom is -0.322 e. The number of carbonyl (C=O) groups is 1. The molecule has 6 heteroatoms. The van der Waals surface area contributed by atoms with Gasteiger partial charge in [0, 0.05) is 7.05 Å². The summed E-state index contributed by atoms with van der Waals surface area (Å²) in [5.74, 6) is 0.110. The lowest BCUT2D eigenvalue weighted by Crippen LogP contribution is -2.20. The molecule has 0 radical (unpaired) electrons. The zero-order valence-electron chi connectivity index (χ0n) is 13.6. The van der Waals surface area contributed by atoms with Gasteiger partial charge in [-0.2, -0.15) is 5.10 Å². The lowest BCUT2D eigenvalue weighted by Gasteiger charge is -2.02. The number of aromatic nitrogens is 2. The highest BCUT2D eigenvalue weighted by molar-refractivity contribution is 7.99. The summed E-state index contributed by atoms with van der Waals surface area (Å²) < 4.78 is 1.99. The number of benzene rings is 2. The molecule has 24 heavy (non-hydrogen) atoms. The monoisotopic (exact) mass is 338 g/mol. The van der Waals surface area contributed by atoms with Crippen LogP contribution in [-0.4, -0.2) is 27.4 Å². The van der Waals surface area contributed by atoms with Crippen molar-refractivity contribution in [1.82, 2.24) is 15.0 Å². The van der Waals surface area contributed by atoms with Gasteiger partial charge in [0.15, 0.2) is 5.16 Å². The Labute approximate surface area is 144 Å². The Morgan fingerprint density at radius 1 is 1.25 bits per heavy atom. The number of hydrazone groups is 1. The van der Waals surface area contributed by atoms with Gasteiger partial charge in [-0.1, -0.05) is 48.2 Å². The first-order valence-corrected chi connectivity index (χ1v) is 8.55. The van der Waals surface area contributed by atoms with Crippen molar-refractivity contribution in [2.24, 2.45) is 12.1 Å². The van der Waals surface area contributed by atoms with Gasteiger partial charge in [-0.05, 0) is 30.2 Å². The van der Waals surface area contributed by atoms with Crippen LogP contribution in [0, 0.1) is 6.92 Å². The van der Waals surface area contributed by atoms with Crippen LogP contribution >= 0.6 is 11.8 Å². The maximum absolute atomic E-state index is 11.9. The van der Waals surface area contributed by atoms with Crippen molar-refractivity contribution >= 4 is 34.9 Å². The Bertz CT molecular complexity index is 901. The summed E-state index contributed by atoms with van der Waals surface area (Å²) in [5, 5.41) is 4.83. The fourth-order valence-electron chi connectivity index (χ4n) is 2.32. The standard InChI is InChI=1S/C18H18N4OS/c1-13-7-3-4-8-14(13)11-19-21-17(23)12-24-18-20-15-9-5-6-10-16(15)22(18)2/h3-11H,12H2,1-2H3,(H,21,23)/b19-11-. The van der Waals surface area contributed by atoms with Crippen LogP contribution in [0.15, 0.2) is 58.8 Å². The molecule has 0 fully saturated rings. The van der Waals surface area contributed by atoms with Gasteiger partial charge in [-0.15, -0.1) is 0 Å². The van der Waals surface area contributed by atoms with Gasteiger partial charge in [0.2, 0.25) is 0 Å². The van der Waals surface area contributed by atoms with Gasteiger partial charge in [0.1, 0.15) is 0 Å². The molecule has 0 saturated heterocycles. The van der Waals surface area contributed by atoms with Crippen LogP contribution in [0.25, 0.3) is 11.0 Å². The predicted molar refractivity (Wildman–Crippen MR) is 98.4 cm³/mol. The van der Waals surface area contributed by atoms with Crippen LogP contribution in [0.5, 0.6) is 0 Å². The topological polar surface area (TPSA) is 59.3 Å². The first-order chi connectivity index (χ1) is 11.6. The Kier molecular flexibility index (Phi) is 4.96. The number of fused-ring (bicyclic) bond motifs is 1. The number of carbonyl (C=O) groups excluding carboxylic acids is 1. The quantitative estimate of drug-likeness (QED) is 0.442. The number of para-hydroxylation sites is 2. The van der Waals surface area contributed by atoms with E-state index in [1.54, 1.807) is 6.21 Å². The van der Waals surface area contributed by atoms with Crippen LogP contribution < -0.4 is 5.43 Å². The van der Waals surface area contributed by atoms with Gasteiger partial charge in [0.05, 0.1) is 23.0 Å². The third-order valence-corrected chi connectivity index (χ3v) is 4.69. The largest absolute Gasteiger partial charge is 0.322 e. The molecule has 0 aliphatic rings. The lowest BCUT2D eigenvalue weighted by molar-refractivity contribution is -0.118. The molecule has 3 aromatic rings. The van der Waals surface area contributed by atoms with E-state index in [0.29, 0.717) is 0 Å². The van der Waals surface area contributed by atoms with Crippen molar-refractivity contribution in [2.75, 3.05) is 5.75 Å². The average molecular weight is 338 g/mol. The molecule has 122 valence electrons. The molecular formula is C18H18N4OS. The zero-order chi connectivity index (χ0) is 16.9. The Balaban J connectivity index is 1.57. The molecule has 0 aliphatic carbocycles. The van der Waals surface area contributed by atoms with E-state index in [2.05, 4.69) is 15.5 Å². The second-order valence-corrected chi connectivity index (χ2v) is 6.32. The summed E-state index contributed by atoms with van der Waals surface area (Å²) >= 11 is 1.40. The molecule has 1 aromatic heterocycles. The molecule has 0 bridgehead atoms. The minimum atomic E-state index is -0.156. The van der Waals surface area contributed by atoms with Gasteiger partial charge >= 0.3 is 0 Å². The summed E-state index contributed by atoms with van der Waals surface area (Å²) in [6, 6.07) is 15.8. The molecule has 3 rings (SSSR count). The number of nitrogens with one attached hydrogen (secondary N) is 1. The second kappa shape index (κ2) is 7.31. The molecule has 1 amide bonds. The lowest BCUT2D eigenvalue weighted by atomic mass is 10.1. The summed E-state index contributed by atoms with van der Waals surface area (Å²) in [4.78, 5) is 16.5. The number of amides is 1. The highest BCUT2D eigenvalue weighted by Crippen LogP contribution is 2.22. The molecular weight excluding hydrogens is 320 g/mol. The molecule has 1 N–H and O–H groups in total. The number of nitrogens with zero attached hydrogens (tertiary/aromatic N) is 3. The molecule has 0 unspecified atom stereocenters. The van der Waals surface area contributed by atoms with Crippen molar-refractivity contribution in [2.45, 2.75) is 12.1 Å². The van der Waals surface area contributed by atoms with Crippen LogP contribution in [0.1, 0.15) is 11.1 Å². The molecule has 2 aromatic carbocycles. The highest BCUT2D eigenvalue weighted by atomic mass is 32.2. The van der Waals surface area contributed by atoms with Crippen molar-refractivity contribution in [3.05, 3.63) is 59.7 Å². The average Bonchev–Trinajstić information content (AvgIpc) is 2.91.